The van der Waals surface area contributed by atoms with Crippen molar-refractivity contribution in [2.24, 2.45) is 5.73 Å². The monoisotopic (exact) mass is 343 g/mol. The van der Waals surface area contributed by atoms with Crippen LogP contribution in [0.25, 0.3) is 0 Å². The second-order valence-electron chi connectivity index (χ2n) is 5.17. The summed E-state index contributed by atoms with van der Waals surface area (Å²) in [5.74, 6) is 0. The van der Waals surface area contributed by atoms with Crippen LogP contribution in [0.1, 0.15) is 29.7 Å². The van der Waals surface area contributed by atoms with Crippen LogP contribution in [0.3, 0.4) is 0 Å². The van der Waals surface area contributed by atoms with Gasteiger partial charge in [0.15, 0.2) is 0 Å². The molecule has 0 saturated carbocycles. The average molecular weight is 344 g/mol. The van der Waals surface area contributed by atoms with Gasteiger partial charge in [-0.3, -0.25) is 0 Å². The van der Waals surface area contributed by atoms with Crippen LogP contribution >= 0.6 is 15.9 Å². The summed E-state index contributed by atoms with van der Waals surface area (Å²) in [6, 6.07) is 16.0. The Labute approximate surface area is 134 Å². The van der Waals surface area contributed by atoms with Crippen LogP contribution in [-0.2, 0) is 6.54 Å². The van der Waals surface area contributed by atoms with E-state index >= 15 is 0 Å². The summed E-state index contributed by atoms with van der Waals surface area (Å²) in [6.07, 6.45) is 0. The van der Waals surface area contributed by atoms with Crippen LogP contribution < -0.4 is 10.6 Å². The van der Waals surface area contributed by atoms with Crippen LogP contribution in [0.4, 0.5) is 5.69 Å². The Bertz CT molecular complexity index is 674. The molecular formula is C17H18BrN3. The molecule has 0 aromatic heterocycles. The van der Waals surface area contributed by atoms with Crippen molar-refractivity contribution in [2.45, 2.75) is 19.5 Å². The predicted octanol–water partition coefficient (Wildman–Crippen LogP) is 3.98. The molecule has 3 nitrogen and oxygen atoms in total. The molecular weight excluding hydrogens is 326 g/mol. The SMILES string of the molecule is C[C@H](N)c1ccc(N(C)Cc2cccc(C#N)c2)c(Br)c1. The number of hydrogen-bond acceptors (Lipinski definition) is 3. The predicted molar refractivity (Wildman–Crippen MR) is 90.0 cm³/mol. The second kappa shape index (κ2) is 6.75. The molecule has 0 amide bonds. The molecule has 0 unspecified atom stereocenters. The quantitative estimate of drug-likeness (QED) is 0.913. The standard InChI is InChI=1S/C17H18BrN3/c1-12(20)15-6-7-17(16(18)9-15)21(2)11-14-5-3-4-13(8-14)10-19/h3-9,12H,11,20H2,1-2H3/t12-/m0/s1. The third-order valence-electron chi connectivity index (χ3n) is 3.38. The van der Waals surface area contributed by atoms with Crippen molar-refractivity contribution in [3.05, 3.63) is 63.6 Å². The van der Waals surface area contributed by atoms with Gasteiger partial charge in [-0.15, -0.1) is 0 Å². The summed E-state index contributed by atoms with van der Waals surface area (Å²) in [5, 5.41) is 8.96. The van der Waals surface area contributed by atoms with Crippen LogP contribution in [0.5, 0.6) is 0 Å². The largest absolute Gasteiger partial charge is 0.369 e. The fourth-order valence-electron chi connectivity index (χ4n) is 2.21. The number of halogens is 1. The molecule has 2 aromatic carbocycles. The van der Waals surface area contributed by atoms with E-state index in [2.05, 4.69) is 39.0 Å². The van der Waals surface area contributed by atoms with Gasteiger partial charge in [-0.2, -0.15) is 5.26 Å². The molecule has 21 heavy (non-hydrogen) atoms. The fourth-order valence-corrected chi connectivity index (χ4v) is 2.91. The Morgan fingerprint density at radius 3 is 2.67 bits per heavy atom. The van der Waals surface area contributed by atoms with Gasteiger partial charge in [-0.05, 0) is 58.2 Å². The molecule has 0 saturated heterocycles. The van der Waals surface area contributed by atoms with Crippen LogP contribution in [-0.4, -0.2) is 7.05 Å². The second-order valence-corrected chi connectivity index (χ2v) is 6.02. The highest BCUT2D eigenvalue weighted by Crippen LogP contribution is 2.29. The highest BCUT2D eigenvalue weighted by molar-refractivity contribution is 9.10. The van der Waals surface area contributed by atoms with Crippen LogP contribution in [0, 0.1) is 11.3 Å². The normalized spacial score (nSPS) is 11.8. The van der Waals surface area contributed by atoms with Crippen molar-refractivity contribution in [3.63, 3.8) is 0 Å². The third kappa shape index (κ3) is 3.84. The van der Waals surface area contributed by atoms with E-state index in [4.69, 9.17) is 11.0 Å². The molecule has 0 aliphatic heterocycles. The smallest absolute Gasteiger partial charge is 0.0991 e. The molecule has 0 radical (unpaired) electrons. The van der Waals surface area contributed by atoms with E-state index in [1.807, 2.05) is 44.3 Å². The first-order chi connectivity index (χ1) is 10.0. The highest BCUT2D eigenvalue weighted by Gasteiger charge is 2.09. The van der Waals surface area contributed by atoms with Gasteiger partial charge >= 0.3 is 0 Å². The summed E-state index contributed by atoms with van der Waals surface area (Å²) >= 11 is 3.61. The maximum absolute atomic E-state index is 8.96. The van der Waals surface area contributed by atoms with Gasteiger partial charge in [0.05, 0.1) is 17.3 Å². The van der Waals surface area contributed by atoms with Crippen molar-refractivity contribution in [2.75, 3.05) is 11.9 Å². The van der Waals surface area contributed by atoms with Gasteiger partial charge in [0.1, 0.15) is 0 Å². The molecule has 0 spiro atoms. The van der Waals surface area contributed by atoms with Gasteiger partial charge in [0.2, 0.25) is 0 Å². The van der Waals surface area contributed by atoms with E-state index < -0.39 is 0 Å². The van der Waals surface area contributed by atoms with E-state index in [9.17, 15) is 0 Å². The van der Waals surface area contributed by atoms with E-state index in [1.54, 1.807) is 0 Å². The maximum Gasteiger partial charge on any atom is 0.0991 e. The molecule has 4 heteroatoms. The van der Waals surface area contributed by atoms with Gasteiger partial charge in [-0.1, -0.05) is 18.2 Å². The Morgan fingerprint density at radius 2 is 2.05 bits per heavy atom. The summed E-state index contributed by atoms with van der Waals surface area (Å²) in [7, 11) is 2.03. The molecule has 108 valence electrons. The van der Waals surface area contributed by atoms with Crippen LogP contribution in [0.2, 0.25) is 0 Å². The van der Waals surface area contributed by atoms with E-state index in [-0.39, 0.29) is 6.04 Å². The number of benzene rings is 2. The van der Waals surface area contributed by atoms with Crippen molar-refractivity contribution < 1.29 is 0 Å². The Kier molecular flexibility index (Phi) is 5.00. The summed E-state index contributed by atoms with van der Waals surface area (Å²) in [5.41, 5.74) is 9.90. The van der Waals surface area contributed by atoms with E-state index in [0.717, 1.165) is 27.8 Å². The number of nitrogens with zero attached hydrogens (tertiary/aromatic N) is 2. The molecule has 0 fully saturated rings. The van der Waals surface area contributed by atoms with Gasteiger partial charge in [0, 0.05) is 24.1 Å². The van der Waals surface area contributed by atoms with E-state index in [1.165, 1.54) is 0 Å². The van der Waals surface area contributed by atoms with Crippen molar-refractivity contribution >= 4 is 21.6 Å². The highest BCUT2D eigenvalue weighted by atomic mass is 79.9. The average Bonchev–Trinajstić information content (AvgIpc) is 2.47. The van der Waals surface area contributed by atoms with Crippen LogP contribution in [0.15, 0.2) is 46.9 Å². The molecule has 0 heterocycles. The lowest BCUT2D eigenvalue weighted by Crippen LogP contribution is -2.17. The van der Waals surface area contributed by atoms with Crippen molar-refractivity contribution in [3.8, 4) is 6.07 Å². The number of anilines is 1. The minimum atomic E-state index is 0.0213. The van der Waals surface area contributed by atoms with Gasteiger partial charge in [-0.25, -0.2) is 0 Å². The summed E-state index contributed by atoms with van der Waals surface area (Å²) in [4.78, 5) is 2.14. The Balaban J connectivity index is 2.20. The number of rotatable bonds is 4. The lowest BCUT2D eigenvalue weighted by Gasteiger charge is -2.22. The molecule has 2 rings (SSSR count). The Hall–Kier alpha value is -1.83. The molecule has 0 aliphatic rings. The molecule has 1 atom stereocenters. The molecule has 0 bridgehead atoms. The summed E-state index contributed by atoms with van der Waals surface area (Å²) < 4.78 is 1.02. The maximum atomic E-state index is 8.96. The van der Waals surface area contributed by atoms with Crippen molar-refractivity contribution in [1.29, 1.82) is 5.26 Å². The lowest BCUT2D eigenvalue weighted by molar-refractivity contribution is 0.816. The zero-order valence-corrected chi connectivity index (χ0v) is 13.8. The molecule has 2 N–H and O–H groups in total. The minimum Gasteiger partial charge on any atom is -0.369 e. The minimum absolute atomic E-state index is 0.0213. The lowest BCUT2D eigenvalue weighted by atomic mass is 10.1. The number of nitriles is 1. The van der Waals surface area contributed by atoms with Gasteiger partial charge in [0.25, 0.3) is 0 Å². The summed E-state index contributed by atoms with van der Waals surface area (Å²) in [6.45, 7) is 2.71. The number of hydrogen-bond donors (Lipinski definition) is 1. The Morgan fingerprint density at radius 1 is 1.29 bits per heavy atom. The fraction of sp³-hybridized carbons (Fsp3) is 0.235. The first-order valence-corrected chi connectivity index (χ1v) is 7.55. The topological polar surface area (TPSA) is 53.0 Å². The third-order valence-corrected chi connectivity index (χ3v) is 4.02. The molecule has 0 aliphatic carbocycles. The first kappa shape index (κ1) is 15.6. The first-order valence-electron chi connectivity index (χ1n) is 6.76. The van der Waals surface area contributed by atoms with E-state index in [0.29, 0.717) is 5.56 Å². The number of nitrogens with two attached hydrogens (primary N) is 1. The van der Waals surface area contributed by atoms with Crippen molar-refractivity contribution in [1.82, 2.24) is 0 Å². The zero-order valence-electron chi connectivity index (χ0n) is 12.2. The molecule has 2 aromatic rings. The van der Waals surface area contributed by atoms with Gasteiger partial charge < -0.3 is 10.6 Å². The zero-order chi connectivity index (χ0) is 15.4.